The van der Waals surface area contributed by atoms with E-state index in [9.17, 15) is 9.59 Å². The quantitative estimate of drug-likeness (QED) is 0.621. The highest BCUT2D eigenvalue weighted by Crippen LogP contribution is 1.92. The third-order valence-corrected chi connectivity index (χ3v) is 1.01. The molecule has 0 aliphatic carbocycles. The molecule has 0 saturated carbocycles. The van der Waals surface area contributed by atoms with E-state index in [0.29, 0.717) is 0 Å². The minimum Gasteiger partial charge on any atom is -0.479 e. The molecule has 0 radical (unpaired) electrons. The van der Waals surface area contributed by atoms with Crippen molar-refractivity contribution in [3.63, 3.8) is 0 Å². The third-order valence-electron chi connectivity index (χ3n) is 1.01. The van der Waals surface area contributed by atoms with Crippen LogP contribution in [0.5, 0.6) is 5.88 Å². The van der Waals surface area contributed by atoms with Gasteiger partial charge in [0.15, 0.2) is 6.61 Å². The van der Waals surface area contributed by atoms with Gasteiger partial charge >= 0.3 is 11.5 Å². The first-order valence-electron chi connectivity index (χ1n) is 3.08. The van der Waals surface area contributed by atoms with E-state index in [2.05, 4.69) is 14.7 Å². The maximum Gasteiger partial charge on any atom is 0.341 e. The monoisotopic (exact) mass is 170 g/mol. The SMILES string of the molecule is O=C(O)COc1ncc[nH]c1=O. The predicted molar refractivity (Wildman–Crippen MR) is 38.0 cm³/mol. The molecule has 0 aliphatic rings. The van der Waals surface area contributed by atoms with Gasteiger partial charge in [0.25, 0.3) is 5.88 Å². The summed E-state index contributed by atoms with van der Waals surface area (Å²) < 4.78 is 4.54. The molecule has 12 heavy (non-hydrogen) atoms. The van der Waals surface area contributed by atoms with Crippen LogP contribution < -0.4 is 10.3 Å². The molecule has 0 spiro atoms. The first kappa shape index (κ1) is 8.25. The van der Waals surface area contributed by atoms with Gasteiger partial charge < -0.3 is 14.8 Å². The Bertz CT molecular complexity index is 332. The van der Waals surface area contributed by atoms with Crippen LogP contribution in [0.15, 0.2) is 17.2 Å². The van der Waals surface area contributed by atoms with Crippen LogP contribution in [0, 0.1) is 0 Å². The average molecular weight is 170 g/mol. The number of H-pyrrole nitrogens is 1. The van der Waals surface area contributed by atoms with Crippen molar-refractivity contribution in [1.82, 2.24) is 9.97 Å². The molecule has 2 N–H and O–H groups in total. The topological polar surface area (TPSA) is 92.3 Å². The number of ether oxygens (including phenoxy) is 1. The molecule has 0 atom stereocenters. The van der Waals surface area contributed by atoms with Gasteiger partial charge in [-0.15, -0.1) is 0 Å². The van der Waals surface area contributed by atoms with Crippen molar-refractivity contribution in [3.05, 3.63) is 22.7 Å². The molecular formula is C6H6N2O4. The van der Waals surface area contributed by atoms with Gasteiger partial charge in [-0.3, -0.25) is 4.79 Å². The van der Waals surface area contributed by atoms with E-state index in [1.165, 1.54) is 12.4 Å². The van der Waals surface area contributed by atoms with Gasteiger partial charge in [-0.25, -0.2) is 9.78 Å². The highest BCUT2D eigenvalue weighted by atomic mass is 16.5. The molecular weight excluding hydrogens is 164 g/mol. The Hall–Kier alpha value is -1.85. The number of hydrogen-bond donors (Lipinski definition) is 2. The molecule has 0 saturated heterocycles. The second-order valence-electron chi connectivity index (χ2n) is 1.91. The van der Waals surface area contributed by atoms with Crippen molar-refractivity contribution in [2.75, 3.05) is 6.61 Å². The Labute approximate surface area is 66.8 Å². The summed E-state index contributed by atoms with van der Waals surface area (Å²) in [5, 5.41) is 8.20. The number of carboxylic acids is 1. The molecule has 0 fully saturated rings. The zero-order valence-electron chi connectivity index (χ0n) is 5.98. The molecule has 1 rings (SSSR count). The van der Waals surface area contributed by atoms with E-state index in [4.69, 9.17) is 5.11 Å². The van der Waals surface area contributed by atoms with Gasteiger partial charge in [0, 0.05) is 12.4 Å². The number of hydrogen-bond acceptors (Lipinski definition) is 4. The maximum atomic E-state index is 10.8. The van der Waals surface area contributed by atoms with Crippen LogP contribution in [0.2, 0.25) is 0 Å². The number of nitrogens with zero attached hydrogens (tertiary/aromatic N) is 1. The van der Waals surface area contributed by atoms with Crippen LogP contribution in [0.4, 0.5) is 0 Å². The Balaban J connectivity index is 2.70. The first-order chi connectivity index (χ1) is 5.70. The number of carboxylic acid groups (broad SMARTS) is 1. The third kappa shape index (κ3) is 2.08. The van der Waals surface area contributed by atoms with E-state index in [1.807, 2.05) is 0 Å². The molecule has 1 aromatic rings. The number of aliphatic carboxylic acids is 1. The molecule has 1 heterocycles. The lowest BCUT2D eigenvalue weighted by atomic mass is 10.7. The fourth-order valence-corrected chi connectivity index (χ4v) is 0.571. The number of carbonyl (C=O) groups is 1. The van der Waals surface area contributed by atoms with Crippen LogP contribution in [0.3, 0.4) is 0 Å². The second-order valence-corrected chi connectivity index (χ2v) is 1.91. The lowest BCUT2D eigenvalue weighted by Crippen LogP contribution is -2.17. The van der Waals surface area contributed by atoms with Gasteiger partial charge in [-0.2, -0.15) is 0 Å². The summed E-state index contributed by atoms with van der Waals surface area (Å²) in [5.74, 6) is -1.39. The Morgan fingerprint density at radius 3 is 3.08 bits per heavy atom. The highest BCUT2D eigenvalue weighted by molar-refractivity contribution is 5.68. The normalized spacial score (nSPS) is 9.33. The van der Waals surface area contributed by atoms with Crippen molar-refractivity contribution in [1.29, 1.82) is 0 Å². The average Bonchev–Trinajstić information content (AvgIpc) is 2.03. The number of rotatable bonds is 3. The molecule has 0 unspecified atom stereocenters. The summed E-state index contributed by atoms with van der Waals surface area (Å²) >= 11 is 0. The van der Waals surface area contributed by atoms with Crippen LogP contribution >= 0.6 is 0 Å². The zero-order valence-corrected chi connectivity index (χ0v) is 5.98. The summed E-state index contributed by atoms with van der Waals surface area (Å²) in [6.07, 6.45) is 2.63. The molecule has 0 bridgehead atoms. The van der Waals surface area contributed by atoms with E-state index in [-0.39, 0.29) is 5.88 Å². The molecule has 6 nitrogen and oxygen atoms in total. The molecule has 1 aromatic heterocycles. The number of aromatic nitrogens is 2. The molecule has 6 heteroatoms. The van der Waals surface area contributed by atoms with Crippen LogP contribution in [0.25, 0.3) is 0 Å². The van der Waals surface area contributed by atoms with Gasteiger partial charge in [0.1, 0.15) is 0 Å². The number of nitrogens with one attached hydrogen (secondary N) is 1. The maximum absolute atomic E-state index is 10.8. The van der Waals surface area contributed by atoms with Crippen LogP contribution in [0.1, 0.15) is 0 Å². The lowest BCUT2D eigenvalue weighted by molar-refractivity contribution is -0.139. The standard InChI is InChI=1S/C6H6N2O4/c9-4(10)3-12-6-5(11)7-1-2-8-6/h1-2H,3H2,(H,7,11)(H,9,10). The zero-order chi connectivity index (χ0) is 8.97. The summed E-state index contributed by atoms with van der Waals surface area (Å²) in [5.41, 5.74) is -0.543. The van der Waals surface area contributed by atoms with E-state index < -0.39 is 18.1 Å². The predicted octanol–water partition coefficient (Wildman–Crippen LogP) is -0.767. The van der Waals surface area contributed by atoms with Crippen LogP contribution in [-0.2, 0) is 4.79 Å². The van der Waals surface area contributed by atoms with Gasteiger partial charge in [-0.05, 0) is 0 Å². The van der Waals surface area contributed by atoms with Crippen LogP contribution in [-0.4, -0.2) is 27.7 Å². The smallest absolute Gasteiger partial charge is 0.341 e. The molecule has 0 aliphatic heterocycles. The summed E-state index contributed by atoms with van der Waals surface area (Å²) in [7, 11) is 0. The Morgan fingerprint density at radius 1 is 1.75 bits per heavy atom. The van der Waals surface area contributed by atoms with E-state index in [1.54, 1.807) is 0 Å². The lowest BCUT2D eigenvalue weighted by Gasteiger charge is -1.97. The highest BCUT2D eigenvalue weighted by Gasteiger charge is 2.03. The second kappa shape index (κ2) is 3.51. The summed E-state index contributed by atoms with van der Waals surface area (Å²) in [4.78, 5) is 26.6. The summed E-state index contributed by atoms with van der Waals surface area (Å²) in [6.45, 7) is -0.569. The Morgan fingerprint density at radius 2 is 2.50 bits per heavy atom. The Kier molecular flexibility index (Phi) is 2.42. The van der Waals surface area contributed by atoms with Crippen molar-refractivity contribution < 1.29 is 14.6 Å². The summed E-state index contributed by atoms with van der Waals surface area (Å²) in [6, 6.07) is 0. The van der Waals surface area contributed by atoms with E-state index in [0.717, 1.165) is 0 Å². The van der Waals surface area contributed by atoms with E-state index >= 15 is 0 Å². The first-order valence-corrected chi connectivity index (χ1v) is 3.08. The molecule has 0 aromatic carbocycles. The number of aromatic amines is 1. The fraction of sp³-hybridized carbons (Fsp3) is 0.167. The minimum atomic E-state index is -1.15. The largest absolute Gasteiger partial charge is 0.479 e. The van der Waals surface area contributed by atoms with Crippen molar-refractivity contribution in [2.24, 2.45) is 0 Å². The minimum absolute atomic E-state index is 0.236. The van der Waals surface area contributed by atoms with Gasteiger partial charge in [0.2, 0.25) is 0 Å². The van der Waals surface area contributed by atoms with Crippen molar-refractivity contribution >= 4 is 5.97 Å². The van der Waals surface area contributed by atoms with Gasteiger partial charge in [-0.1, -0.05) is 0 Å². The van der Waals surface area contributed by atoms with Crippen molar-refractivity contribution in [2.45, 2.75) is 0 Å². The molecule has 64 valence electrons. The molecule has 0 amide bonds. The fourth-order valence-electron chi connectivity index (χ4n) is 0.571. The van der Waals surface area contributed by atoms with Gasteiger partial charge in [0.05, 0.1) is 0 Å². The van der Waals surface area contributed by atoms with Crippen molar-refractivity contribution in [3.8, 4) is 5.88 Å².